The van der Waals surface area contributed by atoms with E-state index in [2.05, 4.69) is 5.32 Å². The normalized spacial score (nSPS) is 28.2. The van der Waals surface area contributed by atoms with E-state index in [1.807, 2.05) is 34.6 Å². The highest BCUT2D eigenvalue weighted by Crippen LogP contribution is 2.38. The van der Waals surface area contributed by atoms with E-state index in [-0.39, 0.29) is 23.3 Å². The third kappa shape index (κ3) is 3.45. The van der Waals surface area contributed by atoms with Gasteiger partial charge in [-0.05, 0) is 48.5 Å². The molecule has 1 fully saturated rings. The Balaban J connectivity index is 2.96. The number of hydrogen-bond donors (Lipinski definition) is 2. The maximum atomic E-state index is 12.4. The molecule has 0 aromatic heterocycles. The first kappa shape index (κ1) is 15.4. The summed E-state index contributed by atoms with van der Waals surface area (Å²) in [5.41, 5.74) is -1.75. The summed E-state index contributed by atoms with van der Waals surface area (Å²) >= 11 is 0. The van der Waals surface area contributed by atoms with Gasteiger partial charge in [-0.15, -0.1) is 0 Å². The molecule has 1 rings (SSSR count). The number of carbonyl (C=O) groups excluding carboxylic acids is 1. The topological polar surface area (TPSA) is 58.6 Å². The zero-order chi connectivity index (χ0) is 14.4. The van der Waals surface area contributed by atoms with Crippen molar-refractivity contribution in [2.75, 3.05) is 6.54 Å². The predicted octanol–water partition coefficient (Wildman–Crippen LogP) is 1.71. The average Bonchev–Trinajstić information content (AvgIpc) is 2.36. The molecule has 0 aromatic carbocycles. The van der Waals surface area contributed by atoms with Crippen LogP contribution in [0.3, 0.4) is 0 Å². The van der Waals surface area contributed by atoms with E-state index in [1.54, 1.807) is 13.8 Å². The largest absolute Gasteiger partial charge is 0.460 e. The first-order valence-electron chi connectivity index (χ1n) is 6.55. The van der Waals surface area contributed by atoms with Gasteiger partial charge in [0.05, 0.1) is 11.5 Å². The van der Waals surface area contributed by atoms with Crippen LogP contribution in [-0.2, 0) is 9.53 Å². The smallest absolute Gasteiger partial charge is 0.311 e. The minimum Gasteiger partial charge on any atom is -0.460 e. The lowest BCUT2D eigenvalue weighted by Crippen LogP contribution is -2.47. The van der Waals surface area contributed by atoms with E-state index in [4.69, 9.17) is 4.74 Å². The van der Waals surface area contributed by atoms with Gasteiger partial charge >= 0.3 is 5.97 Å². The first-order valence-corrected chi connectivity index (χ1v) is 6.55. The Bertz CT molecular complexity index is 323. The quantitative estimate of drug-likeness (QED) is 0.739. The molecule has 2 atom stereocenters. The van der Waals surface area contributed by atoms with Crippen LogP contribution in [0.2, 0.25) is 0 Å². The molecule has 0 radical (unpaired) electrons. The van der Waals surface area contributed by atoms with Gasteiger partial charge in [-0.1, -0.05) is 0 Å². The van der Waals surface area contributed by atoms with Gasteiger partial charge in [-0.25, -0.2) is 0 Å². The van der Waals surface area contributed by atoms with Crippen LogP contribution in [0.15, 0.2) is 0 Å². The Morgan fingerprint density at radius 3 is 2.17 bits per heavy atom. The summed E-state index contributed by atoms with van der Waals surface area (Å²) in [7, 11) is 0. The van der Waals surface area contributed by atoms with Crippen molar-refractivity contribution in [2.45, 2.75) is 65.2 Å². The summed E-state index contributed by atoms with van der Waals surface area (Å²) < 4.78 is 5.49. The van der Waals surface area contributed by atoms with E-state index in [0.717, 1.165) is 0 Å². The average molecular weight is 257 g/mol. The molecule has 0 saturated carbocycles. The molecule has 1 heterocycles. The Kier molecular flexibility index (Phi) is 3.86. The van der Waals surface area contributed by atoms with Crippen molar-refractivity contribution in [1.29, 1.82) is 0 Å². The summed E-state index contributed by atoms with van der Waals surface area (Å²) in [6.07, 6.45) is 0. The molecule has 0 aromatic rings. The van der Waals surface area contributed by atoms with E-state index in [9.17, 15) is 9.90 Å². The molecule has 1 aliphatic heterocycles. The third-order valence-electron chi connectivity index (χ3n) is 3.53. The highest BCUT2D eigenvalue weighted by Gasteiger charge is 2.52. The van der Waals surface area contributed by atoms with Crippen molar-refractivity contribution in [3.63, 3.8) is 0 Å². The molecule has 1 saturated heterocycles. The predicted molar refractivity (Wildman–Crippen MR) is 71.2 cm³/mol. The standard InChI is InChI=1S/C14H27NO3/c1-12(2,3)18-11(16)10-9(14(6,7)17)8-15-13(10,4)5/h9-10,15,17H,8H2,1-7H3/t9-,10?/m0/s1. The van der Waals surface area contributed by atoms with Crippen molar-refractivity contribution in [3.8, 4) is 0 Å². The number of hydrogen-bond acceptors (Lipinski definition) is 4. The fourth-order valence-corrected chi connectivity index (χ4v) is 2.59. The van der Waals surface area contributed by atoms with Gasteiger partial charge in [-0.3, -0.25) is 4.79 Å². The molecule has 0 amide bonds. The molecular formula is C14H27NO3. The minimum atomic E-state index is -0.900. The van der Waals surface area contributed by atoms with Crippen LogP contribution in [0.5, 0.6) is 0 Å². The fourth-order valence-electron chi connectivity index (χ4n) is 2.59. The Hall–Kier alpha value is -0.610. The molecular weight excluding hydrogens is 230 g/mol. The zero-order valence-corrected chi connectivity index (χ0v) is 12.6. The lowest BCUT2D eigenvalue weighted by Gasteiger charge is -2.35. The summed E-state index contributed by atoms with van der Waals surface area (Å²) in [5, 5.41) is 13.5. The highest BCUT2D eigenvalue weighted by atomic mass is 16.6. The maximum absolute atomic E-state index is 12.4. The van der Waals surface area contributed by atoms with Gasteiger partial charge in [0, 0.05) is 18.0 Å². The van der Waals surface area contributed by atoms with E-state index >= 15 is 0 Å². The van der Waals surface area contributed by atoms with Crippen molar-refractivity contribution < 1.29 is 14.6 Å². The maximum Gasteiger partial charge on any atom is 0.311 e. The molecule has 4 nitrogen and oxygen atoms in total. The summed E-state index contributed by atoms with van der Waals surface area (Å²) in [5.74, 6) is -0.705. The number of esters is 1. The second-order valence-corrected chi connectivity index (χ2v) is 7.37. The fraction of sp³-hybridized carbons (Fsp3) is 0.929. The second kappa shape index (κ2) is 4.49. The first-order chi connectivity index (χ1) is 7.84. The molecule has 106 valence electrons. The lowest BCUT2D eigenvalue weighted by atomic mass is 9.75. The van der Waals surface area contributed by atoms with Crippen molar-refractivity contribution in [3.05, 3.63) is 0 Å². The number of nitrogens with one attached hydrogen (secondary N) is 1. The van der Waals surface area contributed by atoms with Gasteiger partial charge in [0.25, 0.3) is 0 Å². The number of rotatable bonds is 2. The molecule has 18 heavy (non-hydrogen) atoms. The van der Waals surface area contributed by atoms with Crippen LogP contribution < -0.4 is 5.32 Å². The molecule has 1 unspecified atom stereocenters. The van der Waals surface area contributed by atoms with Crippen LogP contribution in [0.25, 0.3) is 0 Å². The summed E-state index contributed by atoms with van der Waals surface area (Å²) in [6, 6.07) is 0. The molecule has 0 bridgehead atoms. The van der Waals surface area contributed by atoms with Crippen molar-refractivity contribution in [2.24, 2.45) is 11.8 Å². The number of ether oxygens (including phenoxy) is 1. The Morgan fingerprint density at radius 2 is 1.78 bits per heavy atom. The summed E-state index contributed by atoms with van der Waals surface area (Å²) in [6.45, 7) is 13.7. The lowest BCUT2D eigenvalue weighted by molar-refractivity contribution is -0.166. The minimum absolute atomic E-state index is 0.137. The van der Waals surface area contributed by atoms with Crippen LogP contribution in [-0.4, -0.2) is 34.4 Å². The van der Waals surface area contributed by atoms with Gasteiger partial charge in [0.15, 0.2) is 0 Å². The SMILES string of the molecule is CC(C)(C)OC(=O)C1[C@@H](C(C)(C)O)CNC1(C)C. The van der Waals surface area contributed by atoms with Gasteiger partial charge < -0.3 is 15.2 Å². The third-order valence-corrected chi connectivity index (χ3v) is 3.53. The monoisotopic (exact) mass is 257 g/mol. The van der Waals surface area contributed by atoms with Crippen molar-refractivity contribution >= 4 is 5.97 Å². The molecule has 1 aliphatic rings. The van der Waals surface area contributed by atoms with E-state index in [1.165, 1.54) is 0 Å². The molecule has 0 aliphatic carbocycles. The zero-order valence-electron chi connectivity index (χ0n) is 12.6. The van der Waals surface area contributed by atoms with Gasteiger partial charge in [0.1, 0.15) is 5.60 Å². The van der Waals surface area contributed by atoms with Crippen molar-refractivity contribution in [1.82, 2.24) is 5.32 Å². The Labute approximate surface area is 110 Å². The molecule has 0 spiro atoms. The highest BCUT2D eigenvalue weighted by molar-refractivity contribution is 5.75. The van der Waals surface area contributed by atoms with Crippen LogP contribution in [0.4, 0.5) is 0 Å². The summed E-state index contributed by atoms with van der Waals surface area (Å²) in [4.78, 5) is 12.4. The van der Waals surface area contributed by atoms with Crippen LogP contribution in [0, 0.1) is 11.8 Å². The van der Waals surface area contributed by atoms with E-state index < -0.39 is 11.2 Å². The van der Waals surface area contributed by atoms with E-state index in [0.29, 0.717) is 6.54 Å². The van der Waals surface area contributed by atoms with Crippen LogP contribution >= 0.6 is 0 Å². The number of carbonyl (C=O) groups is 1. The number of aliphatic hydroxyl groups is 1. The Morgan fingerprint density at radius 1 is 1.28 bits per heavy atom. The van der Waals surface area contributed by atoms with Crippen LogP contribution in [0.1, 0.15) is 48.5 Å². The molecule has 4 heteroatoms. The second-order valence-electron chi connectivity index (χ2n) is 7.37. The van der Waals surface area contributed by atoms with Gasteiger partial charge in [0.2, 0.25) is 0 Å². The molecule has 2 N–H and O–H groups in total. The van der Waals surface area contributed by atoms with Gasteiger partial charge in [-0.2, -0.15) is 0 Å².